The monoisotopic (exact) mass is 148 g/mol. The van der Waals surface area contributed by atoms with Crippen LogP contribution in [0.5, 0.6) is 0 Å². The Kier molecular flexibility index (Phi) is 1.15. The summed E-state index contributed by atoms with van der Waals surface area (Å²) in [6.45, 7) is 0. The van der Waals surface area contributed by atoms with Crippen LogP contribution in [-0.4, -0.2) is 20.2 Å². The molecule has 5 heteroatoms. The fourth-order valence-corrected chi connectivity index (χ4v) is 0.832. The summed E-state index contributed by atoms with van der Waals surface area (Å²) in [5, 5.41) is 7.12. The molecule has 0 bridgehead atoms. The van der Waals surface area contributed by atoms with Gasteiger partial charge in [0.05, 0.1) is 5.52 Å². The maximum absolute atomic E-state index is 11.0. The van der Waals surface area contributed by atoms with Crippen LogP contribution in [0.4, 0.5) is 0 Å². The predicted molar refractivity (Wildman–Crippen MR) is 38.0 cm³/mol. The zero-order valence-corrected chi connectivity index (χ0v) is 5.48. The van der Waals surface area contributed by atoms with Crippen LogP contribution in [0.15, 0.2) is 23.4 Å². The summed E-state index contributed by atoms with van der Waals surface area (Å²) in [6.07, 6.45) is 2.83. The summed E-state index contributed by atoms with van der Waals surface area (Å²) in [5.41, 5.74) is 0.571. The Labute approximate surface area is 61.1 Å². The highest BCUT2D eigenvalue weighted by atomic mass is 16.1. The average Bonchev–Trinajstić information content (AvgIpc) is 2.06. The molecule has 0 spiro atoms. The molecule has 0 saturated carbocycles. The highest BCUT2D eigenvalue weighted by molar-refractivity contribution is 5.70. The highest BCUT2D eigenvalue weighted by Crippen LogP contribution is 1.96. The van der Waals surface area contributed by atoms with Gasteiger partial charge in [-0.2, -0.15) is 0 Å². The molecule has 1 N–H and O–H groups in total. The molecule has 0 aromatic carbocycles. The molecule has 54 valence electrons. The van der Waals surface area contributed by atoms with Crippen molar-refractivity contribution in [1.29, 1.82) is 0 Å². The number of hydrogen-bond acceptors (Lipinski definition) is 4. The molecule has 0 aliphatic carbocycles. The van der Waals surface area contributed by atoms with Crippen molar-refractivity contribution in [3.63, 3.8) is 0 Å². The number of H-pyrrole nitrogens is 1. The van der Waals surface area contributed by atoms with Gasteiger partial charge in [0.2, 0.25) is 0 Å². The summed E-state index contributed by atoms with van der Waals surface area (Å²) >= 11 is 0. The molecule has 11 heavy (non-hydrogen) atoms. The van der Waals surface area contributed by atoms with Crippen LogP contribution >= 0.6 is 0 Å². The van der Waals surface area contributed by atoms with E-state index >= 15 is 0 Å². The minimum absolute atomic E-state index is 0.261. The van der Waals surface area contributed by atoms with Crippen molar-refractivity contribution in [2.45, 2.75) is 0 Å². The van der Waals surface area contributed by atoms with Crippen molar-refractivity contribution < 1.29 is 0 Å². The van der Waals surface area contributed by atoms with Crippen LogP contribution < -0.4 is 5.56 Å². The Hall–Kier alpha value is -1.78. The third kappa shape index (κ3) is 0.861. The molecule has 2 rings (SSSR count). The largest absolute Gasteiger partial charge is 0.327 e. The van der Waals surface area contributed by atoms with E-state index in [1.165, 1.54) is 12.5 Å². The van der Waals surface area contributed by atoms with E-state index in [4.69, 9.17) is 0 Å². The van der Waals surface area contributed by atoms with Crippen molar-refractivity contribution >= 4 is 11.0 Å². The molecule has 0 unspecified atom stereocenters. The van der Waals surface area contributed by atoms with Crippen LogP contribution in [0, 0.1) is 0 Å². The first-order valence-electron chi connectivity index (χ1n) is 3.03. The highest BCUT2D eigenvalue weighted by Gasteiger charge is 1.97. The first-order chi connectivity index (χ1) is 5.38. The van der Waals surface area contributed by atoms with Crippen LogP contribution in [0.3, 0.4) is 0 Å². The van der Waals surface area contributed by atoms with Gasteiger partial charge < -0.3 is 4.98 Å². The second kappa shape index (κ2) is 2.12. The lowest BCUT2D eigenvalue weighted by Gasteiger charge is -1.89. The van der Waals surface area contributed by atoms with E-state index in [0.29, 0.717) is 5.52 Å². The van der Waals surface area contributed by atoms with E-state index in [9.17, 15) is 4.79 Å². The van der Waals surface area contributed by atoms with Crippen LogP contribution in [-0.2, 0) is 0 Å². The van der Waals surface area contributed by atoms with E-state index in [0.717, 1.165) is 0 Å². The van der Waals surface area contributed by atoms with Crippen LogP contribution in [0.1, 0.15) is 0 Å². The molecule has 5 nitrogen and oxygen atoms in total. The minimum atomic E-state index is -0.261. The van der Waals surface area contributed by atoms with Gasteiger partial charge >= 0.3 is 0 Å². The molecular weight excluding hydrogens is 144 g/mol. The van der Waals surface area contributed by atoms with E-state index in [2.05, 4.69) is 20.2 Å². The standard InChI is InChI=1S/C6H4N4O/c11-6-5-4(1-2-7-6)8-3-9-10-5/h1-3H,(H,7,11). The van der Waals surface area contributed by atoms with Gasteiger partial charge in [-0.3, -0.25) is 4.79 Å². The van der Waals surface area contributed by atoms with Crippen LogP contribution in [0.25, 0.3) is 11.0 Å². The maximum Gasteiger partial charge on any atom is 0.277 e. The SMILES string of the molecule is O=c1[nH]ccc2ncnnc12. The van der Waals surface area contributed by atoms with Gasteiger partial charge in [-0.1, -0.05) is 0 Å². The molecule has 0 radical (unpaired) electrons. The van der Waals surface area contributed by atoms with Gasteiger partial charge in [0.15, 0.2) is 5.52 Å². The number of pyridine rings is 1. The third-order valence-electron chi connectivity index (χ3n) is 1.32. The molecule has 2 aromatic rings. The molecule has 0 saturated heterocycles. The Morgan fingerprint density at radius 2 is 2.36 bits per heavy atom. The smallest absolute Gasteiger partial charge is 0.277 e. The number of hydrogen-bond donors (Lipinski definition) is 1. The van der Waals surface area contributed by atoms with Gasteiger partial charge in [0, 0.05) is 6.20 Å². The van der Waals surface area contributed by atoms with Gasteiger partial charge in [-0.15, -0.1) is 10.2 Å². The van der Waals surface area contributed by atoms with E-state index in [1.54, 1.807) is 6.07 Å². The van der Waals surface area contributed by atoms with Crippen molar-refractivity contribution in [2.24, 2.45) is 0 Å². The number of nitrogens with one attached hydrogen (secondary N) is 1. The normalized spacial score (nSPS) is 10.2. The zero-order valence-electron chi connectivity index (χ0n) is 5.48. The Balaban J connectivity index is 3.03. The number of nitrogens with zero attached hydrogens (tertiary/aromatic N) is 3. The average molecular weight is 148 g/mol. The molecule has 0 amide bonds. The number of aromatic amines is 1. The molecule has 2 heterocycles. The molecule has 0 aliphatic heterocycles. The Morgan fingerprint density at radius 3 is 3.18 bits per heavy atom. The van der Waals surface area contributed by atoms with Crippen LogP contribution in [0.2, 0.25) is 0 Å². The van der Waals surface area contributed by atoms with Crippen molar-refractivity contribution in [1.82, 2.24) is 20.2 Å². The fraction of sp³-hybridized carbons (Fsp3) is 0. The van der Waals surface area contributed by atoms with Gasteiger partial charge in [-0.05, 0) is 6.07 Å². The minimum Gasteiger partial charge on any atom is -0.327 e. The summed E-state index contributed by atoms with van der Waals surface area (Å²) in [7, 11) is 0. The first-order valence-corrected chi connectivity index (χ1v) is 3.03. The van der Waals surface area contributed by atoms with E-state index in [1.807, 2.05) is 0 Å². The van der Waals surface area contributed by atoms with Gasteiger partial charge in [0.25, 0.3) is 5.56 Å². The van der Waals surface area contributed by atoms with Crippen molar-refractivity contribution in [3.8, 4) is 0 Å². The number of rotatable bonds is 0. The van der Waals surface area contributed by atoms with Gasteiger partial charge in [-0.25, -0.2) is 4.98 Å². The lowest BCUT2D eigenvalue weighted by molar-refractivity contribution is 1.01. The molecule has 2 aromatic heterocycles. The summed E-state index contributed by atoms with van der Waals surface area (Å²) in [6, 6.07) is 1.67. The molecular formula is C6H4N4O. The molecule has 0 aliphatic rings. The number of aromatic nitrogens is 4. The second-order valence-corrected chi connectivity index (χ2v) is 2.00. The van der Waals surface area contributed by atoms with Gasteiger partial charge in [0.1, 0.15) is 6.33 Å². The summed E-state index contributed by atoms with van der Waals surface area (Å²) in [4.78, 5) is 17.3. The summed E-state index contributed by atoms with van der Waals surface area (Å²) in [5.74, 6) is 0. The Morgan fingerprint density at radius 1 is 1.45 bits per heavy atom. The second-order valence-electron chi connectivity index (χ2n) is 2.00. The third-order valence-corrected chi connectivity index (χ3v) is 1.32. The Bertz CT molecular complexity index is 430. The first kappa shape index (κ1) is 5.96. The lowest BCUT2D eigenvalue weighted by Crippen LogP contribution is -2.07. The van der Waals surface area contributed by atoms with Crippen molar-refractivity contribution in [3.05, 3.63) is 28.9 Å². The van der Waals surface area contributed by atoms with Crippen molar-refractivity contribution in [2.75, 3.05) is 0 Å². The maximum atomic E-state index is 11.0. The van der Waals surface area contributed by atoms with E-state index < -0.39 is 0 Å². The van der Waals surface area contributed by atoms with E-state index in [-0.39, 0.29) is 11.1 Å². The lowest BCUT2D eigenvalue weighted by atomic mass is 10.4. The number of fused-ring (bicyclic) bond motifs is 1. The summed E-state index contributed by atoms with van der Waals surface area (Å²) < 4.78 is 0. The fourth-order valence-electron chi connectivity index (χ4n) is 0.832. The predicted octanol–water partition coefficient (Wildman–Crippen LogP) is -0.287. The molecule has 0 fully saturated rings. The zero-order chi connectivity index (χ0) is 7.68. The topological polar surface area (TPSA) is 71.5 Å². The quantitative estimate of drug-likeness (QED) is 0.557. The molecule has 0 atom stereocenters.